The fraction of sp³-hybridized carbons (Fsp3) is 0.688. The van der Waals surface area contributed by atoms with Crippen molar-refractivity contribution >= 4 is 17.9 Å². The first-order chi connectivity index (χ1) is 11.3. The highest BCUT2D eigenvalue weighted by Gasteiger charge is 2.12. The summed E-state index contributed by atoms with van der Waals surface area (Å²) in [6.07, 6.45) is 0. The highest BCUT2D eigenvalue weighted by atomic mass is 16.6. The van der Waals surface area contributed by atoms with Crippen molar-refractivity contribution in [1.82, 2.24) is 4.90 Å². The molecule has 0 aliphatic heterocycles. The lowest BCUT2D eigenvalue weighted by Crippen LogP contribution is -2.37. The van der Waals surface area contributed by atoms with Crippen LogP contribution in [0.25, 0.3) is 0 Å². The molecule has 0 amide bonds. The van der Waals surface area contributed by atoms with Gasteiger partial charge in [0.1, 0.15) is 6.61 Å². The van der Waals surface area contributed by atoms with E-state index in [4.69, 9.17) is 19.7 Å². The minimum Gasteiger partial charge on any atom is -0.480 e. The molecule has 2 N–H and O–H groups in total. The monoisotopic (exact) mass is 349 g/mol. The van der Waals surface area contributed by atoms with Crippen LogP contribution in [-0.4, -0.2) is 72.5 Å². The molecule has 0 saturated heterocycles. The Hall–Kier alpha value is -1.93. The van der Waals surface area contributed by atoms with Gasteiger partial charge < -0.3 is 19.7 Å². The average Bonchev–Trinajstić information content (AvgIpc) is 2.52. The molecule has 0 heterocycles. The molecule has 0 radical (unpaired) electrons. The van der Waals surface area contributed by atoms with Crippen molar-refractivity contribution in [2.24, 2.45) is 0 Å². The molecule has 0 aromatic carbocycles. The lowest BCUT2D eigenvalue weighted by atomic mass is 10.4. The van der Waals surface area contributed by atoms with E-state index in [-0.39, 0.29) is 39.5 Å². The molecule has 8 heteroatoms. The van der Waals surface area contributed by atoms with Gasteiger partial charge in [0.05, 0.1) is 26.3 Å². The summed E-state index contributed by atoms with van der Waals surface area (Å²) in [5, 5.41) is 17.2. The Balaban J connectivity index is -0.00000102. The van der Waals surface area contributed by atoms with Crippen molar-refractivity contribution in [2.75, 3.05) is 39.5 Å². The Morgan fingerprint density at radius 2 is 1.38 bits per heavy atom. The summed E-state index contributed by atoms with van der Waals surface area (Å²) >= 11 is 0. The van der Waals surface area contributed by atoms with E-state index in [0.29, 0.717) is 5.57 Å². The van der Waals surface area contributed by atoms with Gasteiger partial charge in [-0.3, -0.25) is 14.5 Å². The largest absolute Gasteiger partial charge is 0.480 e. The quantitative estimate of drug-likeness (QED) is 0.329. The van der Waals surface area contributed by atoms with Gasteiger partial charge >= 0.3 is 17.9 Å². The second-order valence-corrected chi connectivity index (χ2v) is 4.03. The zero-order valence-electron chi connectivity index (χ0n) is 15.3. The highest BCUT2D eigenvalue weighted by Crippen LogP contribution is 1.93. The Kier molecular flexibility index (Phi) is 21.5. The van der Waals surface area contributed by atoms with Crippen LogP contribution in [0, 0.1) is 0 Å². The van der Waals surface area contributed by atoms with Crippen LogP contribution in [0.1, 0.15) is 34.6 Å². The van der Waals surface area contributed by atoms with Crippen molar-refractivity contribution in [3.8, 4) is 0 Å². The van der Waals surface area contributed by atoms with Crippen molar-refractivity contribution in [3.63, 3.8) is 0 Å². The molecule has 0 aliphatic rings. The van der Waals surface area contributed by atoms with Crippen LogP contribution in [0.2, 0.25) is 0 Å². The second-order valence-electron chi connectivity index (χ2n) is 4.03. The van der Waals surface area contributed by atoms with Crippen molar-refractivity contribution in [2.45, 2.75) is 34.6 Å². The van der Waals surface area contributed by atoms with Crippen LogP contribution in [0.5, 0.6) is 0 Å². The van der Waals surface area contributed by atoms with Gasteiger partial charge in [0.15, 0.2) is 0 Å². The van der Waals surface area contributed by atoms with Gasteiger partial charge in [-0.2, -0.15) is 0 Å². The maximum Gasteiger partial charge on any atom is 0.333 e. The number of carboxylic acids is 2. The molecule has 0 bridgehead atoms. The lowest BCUT2D eigenvalue weighted by Gasteiger charge is -2.17. The van der Waals surface area contributed by atoms with E-state index >= 15 is 0 Å². The molecule has 0 aromatic heterocycles. The Morgan fingerprint density at radius 1 is 0.917 bits per heavy atom. The van der Waals surface area contributed by atoms with Crippen LogP contribution >= 0.6 is 0 Å². The molecule has 0 aliphatic carbocycles. The number of carbonyl (C=O) groups is 3. The molecule has 0 spiro atoms. The third kappa shape index (κ3) is 20.1. The second kappa shape index (κ2) is 19.1. The van der Waals surface area contributed by atoms with Crippen LogP contribution in [0.4, 0.5) is 0 Å². The lowest BCUT2D eigenvalue weighted by molar-refractivity contribution is -0.143. The van der Waals surface area contributed by atoms with Gasteiger partial charge in [-0.05, 0) is 6.92 Å². The molecular weight excluding hydrogens is 318 g/mol. The van der Waals surface area contributed by atoms with Crippen LogP contribution in [-0.2, 0) is 23.9 Å². The Morgan fingerprint density at radius 3 is 1.75 bits per heavy atom. The number of carbonyl (C=O) groups excluding carboxylic acids is 1. The summed E-state index contributed by atoms with van der Waals surface area (Å²) in [4.78, 5) is 33.3. The van der Waals surface area contributed by atoms with Crippen molar-refractivity contribution in [3.05, 3.63) is 12.2 Å². The minimum atomic E-state index is -1.11. The number of aliphatic carboxylic acids is 2. The molecule has 0 saturated carbocycles. The minimum absolute atomic E-state index is 0.0591. The normalized spacial score (nSPS) is 9.08. The number of ether oxygens (including phenoxy) is 2. The van der Waals surface area contributed by atoms with E-state index < -0.39 is 17.9 Å². The molecule has 0 unspecified atom stereocenters. The number of carboxylic acid groups (broad SMARTS) is 2. The van der Waals surface area contributed by atoms with Gasteiger partial charge in [0.25, 0.3) is 0 Å². The topological polar surface area (TPSA) is 113 Å². The molecule has 0 rings (SSSR count). The summed E-state index contributed by atoms with van der Waals surface area (Å²) < 4.78 is 9.90. The summed E-state index contributed by atoms with van der Waals surface area (Å²) in [6, 6.07) is 0. The average molecular weight is 349 g/mol. The third-order valence-corrected chi connectivity index (χ3v) is 2.08. The molecule has 24 heavy (non-hydrogen) atoms. The van der Waals surface area contributed by atoms with Crippen LogP contribution < -0.4 is 0 Å². The Labute approximate surface area is 144 Å². The molecular formula is C16H31NO7. The van der Waals surface area contributed by atoms with Crippen LogP contribution in [0.15, 0.2) is 12.2 Å². The van der Waals surface area contributed by atoms with Gasteiger partial charge in [-0.15, -0.1) is 0 Å². The number of hydrogen-bond donors (Lipinski definition) is 2. The molecule has 142 valence electrons. The van der Waals surface area contributed by atoms with E-state index in [2.05, 4.69) is 6.58 Å². The first-order valence-corrected chi connectivity index (χ1v) is 7.89. The molecule has 8 nitrogen and oxygen atoms in total. The van der Waals surface area contributed by atoms with E-state index in [1.165, 1.54) is 11.8 Å². The van der Waals surface area contributed by atoms with Crippen molar-refractivity contribution < 1.29 is 34.1 Å². The van der Waals surface area contributed by atoms with E-state index in [1.54, 1.807) is 0 Å². The maximum absolute atomic E-state index is 11.0. The first kappa shape index (κ1) is 26.9. The summed E-state index contributed by atoms with van der Waals surface area (Å²) in [5.74, 6) is -2.73. The number of hydrogen-bond acceptors (Lipinski definition) is 6. The van der Waals surface area contributed by atoms with E-state index in [9.17, 15) is 14.4 Å². The predicted octanol–water partition coefficient (Wildman–Crippen LogP) is 1.65. The number of rotatable bonds is 11. The third-order valence-electron chi connectivity index (χ3n) is 2.08. The van der Waals surface area contributed by atoms with Gasteiger partial charge in [0, 0.05) is 12.1 Å². The predicted molar refractivity (Wildman–Crippen MR) is 91.0 cm³/mol. The number of nitrogens with zero attached hydrogens (tertiary/aromatic N) is 1. The zero-order chi connectivity index (χ0) is 19.5. The van der Waals surface area contributed by atoms with Gasteiger partial charge in [0.2, 0.25) is 0 Å². The zero-order valence-corrected chi connectivity index (χ0v) is 15.3. The smallest absolute Gasteiger partial charge is 0.333 e. The Bertz CT molecular complexity index is 353. The number of esters is 1. The summed E-state index contributed by atoms with van der Waals surface area (Å²) in [6.45, 7) is 12.7. The van der Waals surface area contributed by atoms with Gasteiger partial charge in [-0.25, -0.2) is 4.79 Å². The summed E-state index contributed by atoms with van der Waals surface area (Å²) in [7, 11) is 0. The van der Waals surface area contributed by atoms with E-state index in [0.717, 1.165) is 0 Å². The maximum atomic E-state index is 11.0. The van der Waals surface area contributed by atoms with Crippen LogP contribution in [0.3, 0.4) is 0 Å². The fourth-order valence-corrected chi connectivity index (χ4v) is 1.21. The highest BCUT2D eigenvalue weighted by molar-refractivity contribution is 5.86. The van der Waals surface area contributed by atoms with Gasteiger partial charge in [-0.1, -0.05) is 34.3 Å². The molecule has 0 fully saturated rings. The molecule has 0 aromatic rings. The van der Waals surface area contributed by atoms with Crippen molar-refractivity contribution in [1.29, 1.82) is 0 Å². The summed E-state index contributed by atoms with van der Waals surface area (Å²) in [5.41, 5.74) is 0.291. The first-order valence-electron chi connectivity index (χ1n) is 7.89. The standard InChI is InChI=1S/C12H19NO7.2C2H6/c1-9(2)12(18)20-6-5-19-4-3-13(7-10(14)15)8-11(16)17;2*1-2/h1,3-8H2,2H3,(H,14,15)(H,16,17);2*1-2H3. The fourth-order valence-electron chi connectivity index (χ4n) is 1.21. The SMILES string of the molecule is C=C(C)C(=O)OCCOCCN(CC(=O)O)CC(=O)O.CC.CC. The molecule has 0 atom stereocenters. The van der Waals surface area contributed by atoms with E-state index in [1.807, 2.05) is 27.7 Å².